The van der Waals surface area contributed by atoms with Gasteiger partial charge >= 0.3 is 5.97 Å². The standard InChI is InChI=1S/C33H39NO4/c1-20(2)24-18-26(21(3)4)29-27(19-24)32(5,6)33(29,37)25-15-13-23(14-16-25)30(35)34-28(31(36)38-7)17-22-11-9-8-10-12-22/h8-16,18-21,28,37H,17H2,1-7H3,(H,34,35)/t28-,33+/m0/s1. The Bertz CT molecular complexity index is 1310. The van der Waals surface area contributed by atoms with Gasteiger partial charge in [-0.1, -0.05) is 96.1 Å². The summed E-state index contributed by atoms with van der Waals surface area (Å²) in [5.41, 5.74) is 5.03. The topological polar surface area (TPSA) is 75.6 Å². The van der Waals surface area contributed by atoms with Crippen molar-refractivity contribution >= 4 is 11.9 Å². The van der Waals surface area contributed by atoms with E-state index in [1.165, 1.54) is 18.2 Å². The quantitative estimate of drug-likeness (QED) is 0.364. The molecule has 3 aromatic carbocycles. The number of fused-ring (bicyclic) bond motifs is 1. The highest BCUT2D eigenvalue weighted by atomic mass is 16.5. The number of nitrogens with one attached hydrogen (secondary N) is 1. The third kappa shape index (κ3) is 4.64. The molecule has 200 valence electrons. The van der Waals surface area contributed by atoms with E-state index >= 15 is 0 Å². The van der Waals surface area contributed by atoms with Gasteiger partial charge in [-0.15, -0.1) is 0 Å². The molecule has 0 aromatic heterocycles. The minimum atomic E-state index is -1.17. The molecule has 38 heavy (non-hydrogen) atoms. The smallest absolute Gasteiger partial charge is 0.328 e. The largest absolute Gasteiger partial charge is 0.467 e. The lowest BCUT2D eigenvalue weighted by Gasteiger charge is -2.56. The fraction of sp³-hybridized carbons (Fsp3) is 0.394. The molecule has 2 N–H and O–H groups in total. The van der Waals surface area contributed by atoms with Crippen LogP contribution < -0.4 is 5.32 Å². The van der Waals surface area contributed by atoms with Crippen molar-refractivity contribution in [3.63, 3.8) is 0 Å². The van der Waals surface area contributed by atoms with Gasteiger partial charge < -0.3 is 15.2 Å². The van der Waals surface area contributed by atoms with Crippen molar-refractivity contribution in [2.75, 3.05) is 7.11 Å². The molecule has 0 unspecified atom stereocenters. The minimum Gasteiger partial charge on any atom is -0.467 e. The fourth-order valence-corrected chi connectivity index (χ4v) is 5.61. The van der Waals surface area contributed by atoms with E-state index < -0.39 is 23.0 Å². The van der Waals surface area contributed by atoms with Crippen molar-refractivity contribution in [1.29, 1.82) is 0 Å². The van der Waals surface area contributed by atoms with E-state index in [0.29, 0.717) is 17.9 Å². The van der Waals surface area contributed by atoms with Crippen LogP contribution in [0.4, 0.5) is 0 Å². The average Bonchev–Trinajstić information content (AvgIpc) is 2.91. The van der Waals surface area contributed by atoms with Gasteiger partial charge in [-0.05, 0) is 57.3 Å². The lowest BCUT2D eigenvalue weighted by molar-refractivity contribution is -0.142. The molecule has 5 heteroatoms. The number of carbonyl (C=O) groups is 2. The molecular formula is C33H39NO4. The first-order chi connectivity index (χ1) is 17.9. The SMILES string of the molecule is COC(=O)[C@H](Cc1ccccc1)NC(=O)c1ccc([C@@]2(O)c3c(C(C)C)cc(C(C)C)cc3C2(C)C)cc1. The van der Waals surface area contributed by atoms with Crippen LogP contribution in [0, 0.1) is 0 Å². The van der Waals surface area contributed by atoms with Gasteiger partial charge in [-0.2, -0.15) is 0 Å². The van der Waals surface area contributed by atoms with E-state index in [9.17, 15) is 14.7 Å². The van der Waals surface area contributed by atoms with Crippen molar-refractivity contribution in [1.82, 2.24) is 5.32 Å². The Labute approximate surface area is 226 Å². The predicted molar refractivity (Wildman–Crippen MR) is 151 cm³/mol. The first-order valence-electron chi connectivity index (χ1n) is 13.4. The summed E-state index contributed by atoms with van der Waals surface area (Å²) in [7, 11) is 1.32. The van der Waals surface area contributed by atoms with Gasteiger partial charge in [-0.3, -0.25) is 4.79 Å². The molecule has 0 saturated heterocycles. The van der Waals surface area contributed by atoms with Crippen molar-refractivity contribution < 1.29 is 19.4 Å². The number of aliphatic hydroxyl groups is 1. The second kappa shape index (κ2) is 10.4. The maximum Gasteiger partial charge on any atom is 0.328 e. The Balaban J connectivity index is 1.63. The Hall–Kier alpha value is -3.44. The number of benzene rings is 3. The summed E-state index contributed by atoms with van der Waals surface area (Å²) in [5.74, 6) is -0.207. The van der Waals surface area contributed by atoms with Crippen LogP contribution in [0.5, 0.6) is 0 Å². The van der Waals surface area contributed by atoms with Gasteiger partial charge in [0.1, 0.15) is 11.6 Å². The Kier molecular flexibility index (Phi) is 7.53. The van der Waals surface area contributed by atoms with Crippen molar-refractivity contribution in [2.24, 2.45) is 0 Å². The second-order valence-electron chi connectivity index (χ2n) is 11.5. The summed E-state index contributed by atoms with van der Waals surface area (Å²) in [4.78, 5) is 25.5. The summed E-state index contributed by atoms with van der Waals surface area (Å²) < 4.78 is 4.93. The lowest BCUT2D eigenvalue weighted by Crippen LogP contribution is -2.56. The number of rotatable bonds is 8. The highest BCUT2D eigenvalue weighted by molar-refractivity contribution is 5.97. The van der Waals surface area contributed by atoms with Crippen molar-refractivity contribution in [3.8, 4) is 0 Å². The highest BCUT2D eigenvalue weighted by Crippen LogP contribution is 2.60. The molecule has 0 fully saturated rings. The Morgan fingerprint density at radius 3 is 2.11 bits per heavy atom. The van der Waals surface area contributed by atoms with Gasteiger partial charge in [0.25, 0.3) is 5.91 Å². The molecule has 0 saturated carbocycles. The normalized spacial score (nSPS) is 18.5. The maximum atomic E-state index is 13.1. The molecule has 0 radical (unpaired) electrons. The molecule has 1 aliphatic carbocycles. The number of esters is 1. The van der Waals surface area contributed by atoms with Gasteiger partial charge in [0, 0.05) is 17.4 Å². The minimum absolute atomic E-state index is 0.259. The number of carbonyl (C=O) groups excluding carboxylic acids is 2. The molecule has 3 aromatic rings. The van der Waals surface area contributed by atoms with E-state index in [2.05, 4.69) is 59.0 Å². The molecule has 2 atom stereocenters. The van der Waals surface area contributed by atoms with Gasteiger partial charge in [0.15, 0.2) is 0 Å². The molecular weight excluding hydrogens is 474 g/mol. The molecule has 0 bridgehead atoms. The van der Waals surface area contributed by atoms with Gasteiger partial charge in [-0.25, -0.2) is 4.79 Å². The molecule has 0 spiro atoms. The third-order valence-corrected chi connectivity index (χ3v) is 8.06. The van der Waals surface area contributed by atoms with Crippen LogP contribution in [-0.2, 0) is 27.0 Å². The Morgan fingerprint density at radius 1 is 0.921 bits per heavy atom. The molecule has 4 rings (SSSR count). The molecule has 0 heterocycles. The van der Waals surface area contributed by atoms with E-state index in [1.807, 2.05) is 42.5 Å². The van der Waals surface area contributed by atoms with Crippen LogP contribution in [0.25, 0.3) is 0 Å². The summed E-state index contributed by atoms with van der Waals surface area (Å²) in [6.07, 6.45) is 0.332. The summed E-state index contributed by atoms with van der Waals surface area (Å²) in [6.45, 7) is 12.9. The van der Waals surface area contributed by atoms with Crippen LogP contribution in [0.3, 0.4) is 0 Å². The molecule has 5 nitrogen and oxygen atoms in total. The average molecular weight is 514 g/mol. The maximum absolute atomic E-state index is 13.1. The monoisotopic (exact) mass is 513 g/mol. The second-order valence-corrected chi connectivity index (χ2v) is 11.5. The number of hydrogen-bond acceptors (Lipinski definition) is 4. The lowest BCUT2D eigenvalue weighted by atomic mass is 9.50. The van der Waals surface area contributed by atoms with Gasteiger partial charge in [0.2, 0.25) is 0 Å². The van der Waals surface area contributed by atoms with Crippen LogP contribution in [0.1, 0.15) is 97.1 Å². The van der Waals surface area contributed by atoms with Crippen LogP contribution >= 0.6 is 0 Å². The van der Waals surface area contributed by atoms with E-state index in [0.717, 1.165) is 22.3 Å². The number of ether oxygens (including phenoxy) is 1. The van der Waals surface area contributed by atoms with E-state index in [4.69, 9.17) is 4.74 Å². The predicted octanol–water partition coefficient (Wildman–Crippen LogP) is 5.97. The summed E-state index contributed by atoms with van der Waals surface area (Å²) in [5, 5.41) is 15.0. The summed E-state index contributed by atoms with van der Waals surface area (Å²) in [6, 6.07) is 20.2. The van der Waals surface area contributed by atoms with Crippen LogP contribution in [-0.4, -0.2) is 30.1 Å². The molecule has 0 aliphatic heterocycles. The van der Waals surface area contributed by atoms with Crippen LogP contribution in [0.15, 0.2) is 66.7 Å². The molecule has 1 amide bonds. The first-order valence-corrected chi connectivity index (χ1v) is 13.4. The van der Waals surface area contributed by atoms with Gasteiger partial charge in [0.05, 0.1) is 7.11 Å². The third-order valence-electron chi connectivity index (χ3n) is 8.06. The fourth-order valence-electron chi connectivity index (χ4n) is 5.61. The summed E-state index contributed by atoms with van der Waals surface area (Å²) >= 11 is 0. The zero-order valence-electron chi connectivity index (χ0n) is 23.5. The number of hydrogen-bond donors (Lipinski definition) is 2. The van der Waals surface area contributed by atoms with E-state index in [-0.39, 0.29) is 11.8 Å². The number of methoxy groups -OCH3 is 1. The highest BCUT2D eigenvalue weighted by Gasteiger charge is 2.59. The number of amides is 1. The zero-order chi connectivity index (χ0) is 27.8. The Morgan fingerprint density at radius 2 is 1.55 bits per heavy atom. The zero-order valence-corrected chi connectivity index (χ0v) is 23.5. The van der Waals surface area contributed by atoms with Crippen molar-refractivity contribution in [2.45, 2.75) is 76.9 Å². The van der Waals surface area contributed by atoms with E-state index in [1.54, 1.807) is 12.1 Å². The first kappa shape index (κ1) is 27.6. The molecule has 1 aliphatic rings. The van der Waals surface area contributed by atoms with Crippen molar-refractivity contribution in [3.05, 3.63) is 106 Å². The van der Waals surface area contributed by atoms with Crippen LogP contribution in [0.2, 0.25) is 0 Å².